The van der Waals surface area contributed by atoms with E-state index in [1.54, 1.807) is 6.07 Å². The zero-order valence-electron chi connectivity index (χ0n) is 10.8. The van der Waals surface area contributed by atoms with E-state index in [1.807, 2.05) is 0 Å². The number of hydrogen-bond donors (Lipinski definition) is 4. The van der Waals surface area contributed by atoms with Gasteiger partial charge >= 0.3 is 0 Å². The van der Waals surface area contributed by atoms with E-state index in [4.69, 9.17) is 10.5 Å². The van der Waals surface area contributed by atoms with Crippen LogP contribution in [0.3, 0.4) is 0 Å². The molecule has 8 nitrogen and oxygen atoms in total. The number of nitrogens with zero attached hydrogens (tertiary/aromatic N) is 3. The molecule has 8 heteroatoms. The van der Waals surface area contributed by atoms with Crippen molar-refractivity contribution >= 4 is 16.9 Å². The largest absolute Gasteiger partial charge is 0.397 e. The van der Waals surface area contributed by atoms with Crippen LogP contribution in [0.1, 0.15) is 13.2 Å². The molecule has 3 heterocycles. The molecule has 3 unspecified atom stereocenters. The first-order valence-corrected chi connectivity index (χ1v) is 6.20. The molecule has 4 atom stereocenters. The van der Waals surface area contributed by atoms with Crippen molar-refractivity contribution in [3.8, 4) is 0 Å². The van der Waals surface area contributed by atoms with E-state index in [-0.39, 0.29) is 0 Å². The Morgan fingerprint density at radius 3 is 2.90 bits per heavy atom. The molecule has 0 aliphatic carbocycles. The molecule has 1 fully saturated rings. The van der Waals surface area contributed by atoms with Crippen LogP contribution in [0.2, 0.25) is 0 Å². The van der Waals surface area contributed by atoms with Crippen molar-refractivity contribution in [2.24, 2.45) is 0 Å². The maximum Gasteiger partial charge on any atom is 0.168 e. The first-order valence-electron chi connectivity index (χ1n) is 6.20. The molecule has 1 saturated heterocycles. The summed E-state index contributed by atoms with van der Waals surface area (Å²) in [5.74, 6) is 0. The van der Waals surface area contributed by atoms with Gasteiger partial charge in [-0.15, -0.1) is 0 Å². The van der Waals surface area contributed by atoms with Crippen molar-refractivity contribution in [3.63, 3.8) is 0 Å². The number of aliphatic hydroxyl groups is 3. The Kier molecular flexibility index (Phi) is 2.91. The summed E-state index contributed by atoms with van der Waals surface area (Å²) in [5.41, 5.74) is 5.64. The molecule has 108 valence electrons. The van der Waals surface area contributed by atoms with Crippen LogP contribution in [0.25, 0.3) is 11.2 Å². The fourth-order valence-electron chi connectivity index (χ4n) is 2.52. The first kappa shape index (κ1) is 13.3. The summed E-state index contributed by atoms with van der Waals surface area (Å²) in [6.07, 6.45) is -0.0162. The van der Waals surface area contributed by atoms with Crippen LogP contribution >= 0.6 is 0 Å². The molecular weight excluding hydrogens is 264 g/mol. The van der Waals surface area contributed by atoms with Gasteiger partial charge in [-0.3, -0.25) is 4.57 Å². The van der Waals surface area contributed by atoms with Gasteiger partial charge in [0.05, 0.1) is 18.6 Å². The van der Waals surface area contributed by atoms with Gasteiger partial charge in [0.2, 0.25) is 0 Å². The second-order valence-electron chi connectivity index (χ2n) is 5.10. The molecule has 0 saturated carbocycles. The smallest absolute Gasteiger partial charge is 0.168 e. The normalized spacial score (nSPS) is 33.9. The number of aliphatic hydroxyl groups excluding tert-OH is 2. The minimum Gasteiger partial charge on any atom is -0.397 e. The zero-order chi connectivity index (χ0) is 14.5. The van der Waals surface area contributed by atoms with Gasteiger partial charge in [0.1, 0.15) is 23.3 Å². The first-order chi connectivity index (χ1) is 9.46. The van der Waals surface area contributed by atoms with E-state index < -0.39 is 30.6 Å². The van der Waals surface area contributed by atoms with Gasteiger partial charge < -0.3 is 25.8 Å². The van der Waals surface area contributed by atoms with Crippen molar-refractivity contribution in [2.75, 3.05) is 12.3 Å². The molecule has 20 heavy (non-hydrogen) atoms. The fourth-order valence-corrected chi connectivity index (χ4v) is 2.52. The van der Waals surface area contributed by atoms with Gasteiger partial charge in [0.15, 0.2) is 11.9 Å². The Balaban J connectivity index is 2.10. The van der Waals surface area contributed by atoms with Gasteiger partial charge in [-0.2, -0.15) is 0 Å². The number of pyridine rings is 1. The standard InChI is InChI=1S/C12H16N4O4/c1-12(19)9(18)7(4-17)20-11(12)16-5-15-8-6(13)2-3-14-10(8)16/h2-3,5,7,9,11,17-19H,4H2,1H3,(H2,13,14)/t7?,9?,11?,12-/m1/s1. The summed E-state index contributed by atoms with van der Waals surface area (Å²) in [6.45, 7) is 1.05. The molecule has 2 aromatic rings. The van der Waals surface area contributed by atoms with Gasteiger partial charge in [0.25, 0.3) is 0 Å². The van der Waals surface area contributed by atoms with E-state index in [0.29, 0.717) is 16.9 Å². The maximum absolute atomic E-state index is 10.4. The summed E-state index contributed by atoms with van der Waals surface area (Å²) in [5, 5.41) is 29.6. The number of hydrogen-bond acceptors (Lipinski definition) is 7. The molecule has 2 aromatic heterocycles. The molecular formula is C12H16N4O4. The number of aromatic nitrogens is 3. The van der Waals surface area contributed by atoms with Gasteiger partial charge in [-0.1, -0.05) is 0 Å². The molecule has 1 aliphatic rings. The highest BCUT2D eigenvalue weighted by molar-refractivity contribution is 5.83. The van der Waals surface area contributed by atoms with Crippen molar-refractivity contribution in [2.45, 2.75) is 31.0 Å². The van der Waals surface area contributed by atoms with Crippen LogP contribution in [0.4, 0.5) is 5.69 Å². The lowest BCUT2D eigenvalue weighted by Gasteiger charge is -2.27. The van der Waals surface area contributed by atoms with E-state index in [2.05, 4.69) is 9.97 Å². The van der Waals surface area contributed by atoms with Crippen LogP contribution in [0.15, 0.2) is 18.6 Å². The number of rotatable bonds is 2. The quantitative estimate of drug-likeness (QED) is 0.556. The Hall–Kier alpha value is -1.74. The summed E-state index contributed by atoms with van der Waals surface area (Å²) >= 11 is 0. The molecule has 0 amide bonds. The summed E-state index contributed by atoms with van der Waals surface area (Å²) in [4.78, 5) is 8.32. The Morgan fingerprint density at radius 1 is 1.50 bits per heavy atom. The summed E-state index contributed by atoms with van der Waals surface area (Å²) in [7, 11) is 0. The number of anilines is 1. The fraction of sp³-hybridized carbons (Fsp3) is 0.500. The van der Waals surface area contributed by atoms with E-state index >= 15 is 0 Å². The number of nitrogen functional groups attached to an aromatic ring is 1. The predicted molar refractivity (Wildman–Crippen MR) is 69.6 cm³/mol. The van der Waals surface area contributed by atoms with Crippen LogP contribution in [-0.2, 0) is 4.74 Å². The van der Waals surface area contributed by atoms with Crippen molar-refractivity contribution in [1.29, 1.82) is 0 Å². The number of ether oxygens (including phenoxy) is 1. The summed E-state index contributed by atoms with van der Waals surface area (Å²) in [6, 6.07) is 1.62. The molecule has 5 N–H and O–H groups in total. The second kappa shape index (κ2) is 4.38. The SMILES string of the molecule is C[C@@]1(O)C(O)C(CO)OC1n1cnc2c(N)ccnc21. The van der Waals surface area contributed by atoms with Gasteiger partial charge in [-0.25, -0.2) is 9.97 Å². The van der Waals surface area contributed by atoms with E-state index in [0.717, 1.165) is 0 Å². The lowest BCUT2D eigenvalue weighted by Crippen LogP contribution is -2.44. The Labute approximate surface area is 114 Å². The third-order valence-corrected chi connectivity index (χ3v) is 3.68. The van der Waals surface area contributed by atoms with Crippen molar-refractivity contribution in [1.82, 2.24) is 14.5 Å². The molecule has 0 spiro atoms. The van der Waals surface area contributed by atoms with Crippen molar-refractivity contribution < 1.29 is 20.1 Å². The van der Waals surface area contributed by atoms with Crippen LogP contribution in [0.5, 0.6) is 0 Å². The van der Waals surface area contributed by atoms with E-state index in [9.17, 15) is 15.3 Å². The monoisotopic (exact) mass is 280 g/mol. The van der Waals surface area contributed by atoms with Crippen molar-refractivity contribution in [3.05, 3.63) is 18.6 Å². The highest BCUT2D eigenvalue weighted by Crippen LogP contribution is 2.39. The number of imidazole rings is 1. The maximum atomic E-state index is 10.4. The average molecular weight is 280 g/mol. The number of fused-ring (bicyclic) bond motifs is 1. The lowest BCUT2D eigenvalue weighted by atomic mass is 9.96. The lowest BCUT2D eigenvalue weighted by molar-refractivity contribution is -0.0950. The predicted octanol–water partition coefficient (Wildman–Crippen LogP) is -0.985. The average Bonchev–Trinajstić information content (AvgIpc) is 2.92. The van der Waals surface area contributed by atoms with Gasteiger partial charge in [-0.05, 0) is 13.0 Å². The minimum atomic E-state index is -1.58. The van der Waals surface area contributed by atoms with Crippen LogP contribution in [0, 0.1) is 0 Å². The number of nitrogens with two attached hydrogens (primary N) is 1. The molecule has 0 aromatic carbocycles. The van der Waals surface area contributed by atoms with E-state index in [1.165, 1.54) is 24.0 Å². The van der Waals surface area contributed by atoms with Crippen LogP contribution in [-0.4, -0.2) is 54.3 Å². The summed E-state index contributed by atoms with van der Waals surface area (Å²) < 4.78 is 7.03. The second-order valence-corrected chi connectivity index (χ2v) is 5.10. The molecule has 3 rings (SSSR count). The zero-order valence-corrected chi connectivity index (χ0v) is 10.8. The highest BCUT2D eigenvalue weighted by atomic mass is 16.6. The molecule has 1 aliphatic heterocycles. The Bertz CT molecular complexity index is 641. The minimum absolute atomic E-state index is 0.393. The van der Waals surface area contributed by atoms with Crippen LogP contribution < -0.4 is 5.73 Å². The molecule has 0 bridgehead atoms. The third-order valence-electron chi connectivity index (χ3n) is 3.68. The van der Waals surface area contributed by atoms with Gasteiger partial charge in [0, 0.05) is 6.20 Å². The molecule has 0 radical (unpaired) electrons. The third kappa shape index (κ3) is 1.70. The topological polar surface area (TPSA) is 127 Å². The highest BCUT2D eigenvalue weighted by Gasteiger charge is 2.53. The Morgan fingerprint density at radius 2 is 2.25 bits per heavy atom.